The van der Waals surface area contributed by atoms with Gasteiger partial charge in [0.2, 0.25) is 5.91 Å². The summed E-state index contributed by atoms with van der Waals surface area (Å²) >= 11 is 0. The summed E-state index contributed by atoms with van der Waals surface area (Å²) in [5.41, 5.74) is 5.82. The van der Waals surface area contributed by atoms with Gasteiger partial charge in [-0.05, 0) is 30.5 Å². The van der Waals surface area contributed by atoms with E-state index in [4.69, 9.17) is 5.73 Å². The van der Waals surface area contributed by atoms with Crippen LogP contribution in [-0.4, -0.2) is 43.3 Å². The number of sulfone groups is 1. The van der Waals surface area contributed by atoms with E-state index < -0.39 is 15.7 Å². The predicted molar refractivity (Wildman–Crippen MR) is 82.3 cm³/mol. The highest BCUT2D eigenvalue weighted by Crippen LogP contribution is 2.28. The number of rotatable bonds is 9. The van der Waals surface area contributed by atoms with Gasteiger partial charge in [0.25, 0.3) is 0 Å². The van der Waals surface area contributed by atoms with E-state index in [0.29, 0.717) is 19.1 Å². The highest BCUT2D eigenvalue weighted by molar-refractivity contribution is 7.91. The fourth-order valence-corrected chi connectivity index (χ4v) is 3.54. The lowest BCUT2D eigenvalue weighted by atomic mass is 10.2. The highest BCUT2D eigenvalue weighted by Gasteiger charge is 2.29. The molecule has 7 heteroatoms. The van der Waals surface area contributed by atoms with Crippen LogP contribution in [-0.2, 0) is 21.2 Å². The maximum Gasteiger partial charge on any atom is 0.218 e. The third kappa shape index (κ3) is 5.73. The summed E-state index contributed by atoms with van der Waals surface area (Å²) in [4.78, 5) is 12.8. The number of primary amides is 1. The Morgan fingerprint density at radius 2 is 2.05 bits per heavy atom. The number of nitrogens with two attached hydrogens (primary N) is 1. The molecule has 0 aromatic heterocycles. The number of hydrogen-bond acceptors (Lipinski definition) is 4. The monoisotopic (exact) mass is 328 g/mol. The molecule has 0 aliphatic heterocycles. The molecular weight excluding hydrogens is 307 g/mol. The Morgan fingerprint density at radius 3 is 2.64 bits per heavy atom. The molecule has 2 rings (SSSR count). The molecule has 122 valence electrons. The topological polar surface area (TPSA) is 80.5 Å². The van der Waals surface area contributed by atoms with Crippen molar-refractivity contribution in [1.29, 1.82) is 0 Å². The second-order valence-corrected chi connectivity index (χ2v) is 8.00. The van der Waals surface area contributed by atoms with Crippen LogP contribution in [0.1, 0.15) is 24.8 Å². The van der Waals surface area contributed by atoms with Crippen molar-refractivity contribution in [2.24, 2.45) is 5.73 Å². The largest absolute Gasteiger partial charge is 0.370 e. The van der Waals surface area contributed by atoms with Crippen LogP contribution >= 0.6 is 0 Å². The van der Waals surface area contributed by atoms with Crippen molar-refractivity contribution in [3.63, 3.8) is 0 Å². The van der Waals surface area contributed by atoms with Crippen LogP contribution in [0, 0.1) is 5.82 Å². The molecule has 0 spiro atoms. The first-order chi connectivity index (χ1) is 10.4. The maximum atomic E-state index is 13.2. The van der Waals surface area contributed by atoms with Crippen molar-refractivity contribution in [3.05, 3.63) is 35.6 Å². The van der Waals surface area contributed by atoms with E-state index in [9.17, 15) is 17.6 Å². The standard InChI is InChI=1S/C15H21FN2O3S/c16-13-3-1-2-12(10-13)11-18(14-4-5-14)7-9-22(20,21)8-6-15(17)19/h1-3,10,14H,4-9,11H2,(H2,17,19). The number of carbonyl (C=O) groups excluding carboxylic acids is 1. The minimum atomic E-state index is -3.29. The van der Waals surface area contributed by atoms with E-state index in [1.54, 1.807) is 6.07 Å². The Balaban J connectivity index is 1.91. The molecule has 22 heavy (non-hydrogen) atoms. The predicted octanol–water partition coefficient (Wildman–Crippen LogP) is 1.08. The van der Waals surface area contributed by atoms with E-state index in [-0.39, 0.29) is 23.7 Å². The molecular formula is C15H21FN2O3S. The van der Waals surface area contributed by atoms with Crippen LogP contribution in [0.5, 0.6) is 0 Å². The summed E-state index contributed by atoms with van der Waals surface area (Å²) in [7, 11) is -3.29. The summed E-state index contributed by atoms with van der Waals surface area (Å²) in [5.74, 6) is -1.11. The molecule has 0 atom stereocenters. The molecule has 0 saturated heterocycles. The van der Waals surface area contributed by atoms with Crippen LogP contribution in [0.15, 0.2) is 24.3 Å². The van der Waals surface area contributed by atoms with Crippen LogP contribution in [0.2, 0.25) is 0 Å². The Kier molecular flexibility index (Phi) is 5.52. The SMILES string of the molecule is NC(=O)CCS(=O)(=O)CCN(Cc1cccc(F)c1)C1CC1. The van der Waals surface area contributed by atoms with Gasteiger partial charge < -0.3 is 5.73 Å². The molecule has 1 amide bonds. The summed E-state index contributed by atoms with van der Waals surface area (Å²) in [6.45, 7) is 0.927. The maximum absolute atomic E-state index is 13.2. The van der Waals surface area contributed by atoms with Gasteiger partial charge >= 0.3 is 0 Å². The number of halogens is 1. The average Bonchev–Trinajstić information content (AvgIpc) is 3.26. The van der Waals surface area contributed by atoms with E-state index >= 15 is 0 Å². The van der Waals surface area contributed by atoms with Gasteiger partial charge in [0.1, 0.15) is 5.82 Å². The van der Waals surface area contributed by atoms with Crippen molar-refractivity contribution in [2.45, 2.75) is 31.8 Å². The molecule has 1 aromatic carbocycles. The molecule has 0 unspecified atom stereocenters. The second-order valence-electron chi connectivity index (χ2n) is 5.70. The summed E-state index contributed by atoms with van der Waals surface area (Å²) in [6.07, 6.45) is 1.93. The Labute approximate surface area is 130 Å². The molecule has 1 fully saturated rings. The normalized spacial score (nSPS) is 15.2. The van der Waals surface area contributed by atoms with Gasteiger partial charge in [-0.1, -0.05) is 12.1 Å². The third-order valence-electron chi connectivity index (χ3n) is 3.69. The van der Waals surface area contributed by atoms with Crippen LogP contribution in [0.4, 0.5) is 4.39 Å². The lowest BCUT2D eigenvalue weighted by Crippen LogP contribution is -2.32. The van der Waals surface area contributed by atoms with E-state index in [2.05, 4.69) is 4.90 Å². The van der Waals surface area contributed by atoms with Crippen LogP contribution < -0.4 is 5.73 Å². The lowest BCUT2D eigenvalue weighted by Gasteiger charge is -2.22. The molecule has 1 saturated carbocycles. The number of carbonyl (C=O) groups is 1. The van der Waals surface area contributed by atoms with Crippen molar-refractivity contribution in [3.8, 4) is 0 Å². The van der Waals surface area contributed by atoms with E-state index in [1.165, 1.54) is 12.1 Å². The Hall–Kier alpha value is -1.47. The highest BCUT2D eigenvalue weighted by atomic mass is 32.2. The zero-order chi connectivity index (χ0) is 16.2. The first-order valence-electron chi connectivity index (χ1n) is 7.33. The van der Waals surface area contributed by atoms with Crippen LogP contribution in [0.3, 0.4) is 0 Å². The minimum absolute atomic E-state index is 0.00784. The van der Waals surface area contributed by atoms with Crippen LogP contribution in [0.25, 0.3) is 0 Å². The Morgan fingerprint density at radius 1 is 1.32 bits per heavy atom. The van der Waals surface area contributed by atoms with Gasteiger partial charge in [0.05, 0.1) is 11.5 Å². The number of amides is 1. The van der Waals surface area contributed by atoms with E-state index in [1.807, 2.05) is 6.07 Å². The molecule has 0 radical (unpaired) electrons. The van der Waals surface area contributed by atoms with Gasteiger partial charge in [-0.2, -0.15) is 0 Å². The van der Waals surface area contributed by atoms with Gasteiger partial charge in [-0.25, -0.2) is 12.8 Å². The first kappa shape index (κ1) is 16.9. The molecule has 1 aromatic rings. The second kappa shape index (κ2) is 7.19. The smallest absolute Gasteiger partial charge is 0.218 e. The first-order valence-corrected chi connectivity index (χ1v) is 9.15. The summed E-state index contributed by atoms with van der Waals surface area (Å²) in [6, 6.07) is 6.71. The van der Waals surface area contributed by atoms with E-state index in [0.717, 1.165) is 18.4 Å². The van der Waals surface area contributed by atoms with Crippen molar-refractivity contribution in [1.82, 2.24) is 4.90 Å². The quantitative estimate of drug-likeness (QED) is 0.735. The zero-order valence-electron chi connectivity index (χ0n) is 12.4. The fraction of sp³-hybridized carbons (Fsp3) is 0.533. The van der Waals surface area contributed by atoms with Gasteiger partial charge in [-0.15, -0.1) is 0 Å². The molecule has 0 heterocycles. The molecule has 5 nitrogen and oxygen atoms in total. The number of nitrogens with zero attached hydrogens (tertiary/aromatic N) is 1. The van der Waals surface area contributed by atoms with Gasteiger partial charge in [0, 0.05) is 25.6 Å². The molecule has 1 aliphatic rings. The zero-order valence-corrected chi connectivity index (χ0v) is 13.2. The van der Waals surface area contributed by atoms with Crippen molar-refractivity contribution in [2.75, 3.05) is 18.1 Å². The molecule has 1 aliphatic carbocycles. The number of hydrogen-bond donors (Lipinski definition) is 1. The van der Waals surface area contributed by atoms with Crippen molar-refractivity contribution < 1.29 is 17.6 Å². The Bertz CT molecular complexity index is 629. The summed E-state index contributed by atoms with van der Waals surface area (Å²) in [5, 5.41) is 0. The molecule has 2 N–H and O–H groups in total. The summed E-state index contributed by atoms with van der Waals surface area (Å²) < 4.78 is 37.0. The fourth-order valence-electron chi connectivity index (χ4n) is 2.31. The minimum Gasteiger partial charge on any atom is -0.370 e. The lowest BCUT2D eigenvalue weighted by molar-refractivity contribution is -0.117. The molecule has 0 bridgehead atoms. The number of benzene rings is 1. The van der Waals surface area contributed by atoms with Gasteiger partial charge in [-0.3, -0.25) is 9.69 Å². The van der Waals surface area contributed by atoms with Crippen molar-refractivity contribution >= 4 is 15.7 Å². The third-order valence-corrected chi connectivity index (χ3v) is 5.32. The van der Waals surface area contributed by atoms with Gasteiger partial charge in [0.15, 0.2) is 9.84 Å². The average molecular weight is 328 g/mol.